The van der Waals surface area contributed by atoms with Gasteiger partial charge in [0.15, 0.2) is 5.41 Å². The Morgan fingerprint density at radius 2 is 1.00 bits per heavy atom. The molecule has 0 heterocycles. The fourth-order valence-corrected chi connectivity index (χ4v) is 5.90. The average molecular weight is 735 g/mol. The van der Waals surface area contributed by atoms with E-state index in [1.807, 2.05) is 36.4 Å². The molecule has 0 saturated carbocycles. The van der Waals surface area contributed by atoms with Gasteiger partial charge in [0.1, 0.15) is 11.5 Å². The van der Waals surface area contributed by atoms with Crippen molar-refractivity contribution in [3.63, 3.8) is 0 Å². The van der Waals surface area contributed by atoms with Crippen LogP contribution < -0.4 is 20.1 Å². The SMILES string of the molecule is C=CCCCCCCOc1ccc(CCOC(=O)C(CC)(CC)C(=O)OCCc2ccc(OCCCCCCC=C)cc2NC(C)=O)c(NC(C)=O)c1. The fraction of sp³-hybridized carbons (Fsp3) is 0.535. The van der Waals surface area contributed by atoms with Crippen molar-refractivity contribution in [2.75, 3.05) is 37.1 Å². The molecule has 0 unspecified atom stereocenters. The van der Waals surface area contributed by atoms with Gasteiger partial charge in [-0.05, 0) is 74.6 Å². The molecule has 53 heavy (non-hydrogen) atoms. The van der Waals surface area contributed by atoms with Crippen LogP contribution in [0, 0.1) is 5.41 Å². The van der Waals surface area contributed by atoms with Crippen LogP contribution in [0.15, 0.2) is 61.7 Å². The topological polar surface area (TPSA) is 129 Å². The van der Waals surface area contributed by atoms with Crippen LogP contribution in [0.5, 0.6) is 11.5 Å². The van der Waals surface area contributed by atoms with Crippen LogP contribution >= 0.6 is 0 Å². The third-order valence-electron chi connectivity index (χ3n) is 9.12. The zero-order valence-corrected chi connectivity index (χ0v) is 32.5. The molecule has 10 nitrogen and oxygen atoms in total. The molecule has 2 amide bonds. The normalized spacial score (nSPS) is 10.9. The summed E-state index contributed by atoms with van der Waals surface area (Å²) in [5.74, 6) is -0.458. The molecule has 0 fully saturated rings. The molecule has 0 aliphatic rings. The lowest BCUT2D eigenvalue weighted by molar-refractivity contribution is -0.173. The first kappa shape index (κ1) is 44.6. The molecule has 0 aliphatic carbocycles. The number of nitrogens with one attached hydrogen (secondary N) is 2. The van der Waals surface area contributed by atoms with E-state index in [0.29, 0.717) is 48.9 Å². The zero-order chi connectivity index (χ0) is 38.9. The van der Waals surface area contributed by atoms with E-state index in [-0.39, 0.29) is 37.9 Å². The predicted octanol–water partition coefficient (Wildman–Crippen LogP) is 9.31. The van der Waals surface area contributed by atoms with Crippen molar-refractivity contribution in [1.82, 2.24) is 0 Å². The van der Waals surface area contributed by atoms with Crippen molar-refractivity contribution in [3.8, 4) is 11.5 Å². The van der Waals surface area contributed by atoms with Crippen LogP contribution in [-0.2, 0) is 41.5 Å². The van der Waals surface area contributed by atoms with Gasteiger partial charge in [-0.25, -0.2) is 0 Å². The maximum Gasteiger partial charge on any atom is 0.323 e. The number of hydrogen-bond donors (Lipinski definition) is 2. The van der Waals surface area contributed by atoms with E-state index in [4.69, 9.17) is 18.9 Å². The van der Waals surface area contributed by atoms with E-state index in [9.17, 15) is 19.2 Å². The lowest BCUT2D eigenvalue weighted by atomic mass is 9.82. The number of rotatable bonds is 28. The Balaban J connectivity index is 1.96. The molecule has 0 atom stereocenters. The molecule has 0 spiro atoms. The highest BCUT2D eigenvalue weighted by Gasteiger charge is 2.46. The number of carbonyl (C=O) groups excluding carboxylic acids is 4. The van der Waals surface area contributed by atoms with Crippen LogP contribution in [-0.4, -0.2) is 50.2 Å². The molecule has 292 valence electrons. The molecule has 0 aromatic heterocycles. The predicted molar refractivity (Wildman–Crippen MR) is 211 cm³/mol. The monoisotopic (exact) mass is 734 g/mol. The van der Waals surface area contributed by atoms with E-state index >= 15 is 0 Å². The van der Waals surface area contributed by atoms with Gasteiger partial charge < -0.3 is 29.6 Å². The molecule has 0 saturated heterocycles. The molecule has 0 bridgehead atoms. The minimum absolute atomic E-state index is 0.00909. The van der Waals surface area contributed by atoms with E-state index in [2.05, 4.69) is 23.8 Å². The fourth-order valence-electron chi connectivity index (χ4n) is 5.90. The molecular formula is C43H62N2O8. The summed E-state index contributed by atoms with van der Waals surface area (Å²) in [4.78, 5) is 50.8. The molecule has 2 aromatic rings. The van der Waals surface area contributed by atoms with E-state index in [1.165, 1.54) is 13.8 Å². The van der Waals surface area contributed by atoms with Gasteiger partial charge in [0.25, 0.3) is 0 Å². The Kier molecular flexibility index (Phi) is 21.3. The minimum Gasteiger partial charge on any atom is -0.494 e. The van der Waals surface area contributed by atoms with Gasteiger partial charge in [-0.15, -0.1) is 13.2 Å². The summed E-state index contributed by atoms with van der Waals surface area (Å²) in [6.45, 7) is 15.1. The van der Waals surface area contributed by atoms with Gasteiger partial charge in [0.2, 0.25) is 11.8 Å². The van der Waals surface area contributed by atoms with Gasteiger partial charge in [-0.2, -0.15) is 0 Å². The van der Waals surface area contributed by atoms with Crippen molar-refractivity contribution in [3.05, 3.63) is 72.8 Å². The molecular weight excluding hydrogens is 672 g/mol. The number of esters is 2. The zero-order valence-electron chi connectivity index (χ0n) is 32.5. The largest absolute Gasteiger partial charge is 0.494 e. The van der Waals surface area contributed by atoms with Crippen molar-refractivity contribution in [2.24, 2.45) is 5.41 Å². The van der Waals surface area contributed by atoms with E-state index < -0.39 is 17.4 Å². The average Bonchev–Trinajstić information content (AvgIpc) is 3.12. The van der Waals surface area contributed by atoms with E-state index in [0.717, 1.165) is 75.3 Å². The number of amides is 2. The van der Waals surface area contributed by atoms with Gasteiger partial charge in [-0.3, -0.25) is 19.2 Å². The van der Waals surface area contributed by atoms with Crippen molar-refractivity contribution < 1.29 is 38.1 Å². The van der Waals surface area contributed by atoms with Crippen molar-refractivity contribution in [1.29, 1.82) is 0 Å². The minimum atomic E-state index is -1.46. The number of hydrogen-bond acceptors (Lipinski definition) is 8. The van der Waals surface area contributed by atoms with Crippen LogP contribution in [0.3, 0.4) is 0 Å². The third kappa shape index (κ3) is 16.3. The summed E-state index contributed by atoms with van der Waals surface area (Å²) in [5, 5.41) is 5.69. The van der Waals surface area contributed by atoms with Crippen LogP contribution in [0.25, 0.3) is 0 Å². The highest BCUT2D eigenvalue weighted by atomic mass is 16.6. The van der Waals surface area contributed by atoms with Gasteiger partial charge in [0, 0.05) is 50.2 Å². The molecule has 2 N–H and O–H groups in total. The number of allylic oxidation sites excluding steroid dienone is 2. The lowest BCUT2D eigenvalue weighted by Crippen LogP contribution is -2.41. The first-order chi connectivity index (χ1) is 25.6. The Labute approximate surface area is 317 Å². The molecule has 2 aromatic carbocycles. The second-order valence-corrected chi connectivity index (χ2v) is 13.2. The summed E-state index contributed by atoms with van der Waals surface area (Å²) in [6, 6.07) is 10.9. The molecule has 10 heteroatoms. The maximum absolute atomic E-state index is 13.4. The summed E-state index contributed by atoms with van der Waals surface area (Å²) < 4.78 is 23.2. The van der Waals surface area contributed by atoms with Crippen LogP contribution in [0.2, 0.25) is 0 Å². The second kappa shape index (κ2) is 25.4. The number of carbonyl (C=O) groups is 4. The van der Waals surface area contributed by atoms with Crippen molar-refractivity contribution in [2.45, 2.75) is 118 Å². The highest BCUT2D eigenvalue weighted by Crippen LogP contribution is 2.31. The molecule has 2 rings (SSSR count). The summed E-state index contributed by atoms with van der Waals surface area (Å²) in [6.07, 6.45) is 15.5. The standard InChI is InChI=1S/C43H62N2O8/c1-7-11-13-15-17-19-27-50-37-23-21-35(39(31-37)44-33(5)46)25-29-52-41(48)43(9-3,10-4)42(49)53-30-26-36-22-24-38(32-40(36)45-34(6)47)51-28-20-18-16-14-12-8-2/h7-8,21-24,31-32H,1-2,9-20,25-30H2,3-6H3,(H,44,46)(H,45,47). The Bertz CT molecular complexity index is 1360. The number of anilines is 2. The Morgan fingerprint density at radius 3 is 1.36 bits per heavy atom. The number of ether oxygens (including phenoxy) is 4. The Hall–Kier alpha value is -4.60. The maximum atomic E-state index is 13.4. The first-order valence-electron chi connectivity index (χ1n) is 19.2. The molecule has 0 radical (unpaired) electrons. The van der Waals surface area contributed by atoms with Crippen LogP contribution in [0.1, 0.15) is 116 Å². The van der Waals surface area contributed by atoms with Gasteiger partial charge >= 0.3 is 11.9 Å². The van der Waals surface area contributed by atoms with E-state index in [1.54, 1.807) is 26.0 Å². The Morgan fingerprint density at radius 1 is 0.604 bits per heavy atom. The first-order valence-corrected chi connectivity index (χ1v) is 19.2. The summed E-state index contributed by atoms with van der Waals surface area (Å²) >= 11 is 0. The summed E-state index contributed by atoms with van der Waals surface area (Å²) in [7, 11) is 0. The van der Waals surface area contributed by atoms with Gasteiger partial charge in [0.05, 0.1) is 26.4 Å². The van der Waals surface area contributed by atoms with Crippen LogP contribution in [0.4, 0.5) is 11.4 Å². The quantitative estimate of drug-likeness (QED) is 0.0383. The smallest absolute Gasteiger partial charge is 0.323 e. The lowest BCUT2D eigenvalue weighted by Gasteiger charge is -2.27. The highest BCUT2D eigenvalue weighted by molar-refractivity contribution is 6.00. The molecule has 0 aliphatic heterocycles. The summed E-state index contributed by atoms with van der Waals surface area (Å²) in [5.41, 5.74) is 1.25. The number of benzene rings is 2. The van der Waals surface area contributed by atoms with Gasteiger partial charge in [-0.1, -0.05) is 63.8 Å². The number of unbranched alkanes of at least 4 members (excludes halogenated alkanes) is 8. The third-order valence-corrected chi connectivity index (χ3v) is 9.12. The van der Waals surface area contributed by atoms with Crippen molar-refractivity contribution >= 4 is 35.1 Å². The second-order valence-electron chi connectivity index (χ2n) is 13.2.